The van der Waals surface area contributed by atoms with E-state index < -0.39 is 0 Å². The van der Waals surface area contributed by atoms with Crippen molar-refractivity contribution in [2.75, 3.05) is 25.5 Å². The normalized spacial score (nSPS) is 11.2. The van der Waals surface area contributed by atoms with Crippen molar-refractivity contribution >= 4 is 15.9 Å². The summed E-state index contributed by atoms with van der Waals surface area (Å²) < 4.78 is 0. The van der Waals surface area contributed by atoms with E-state index in [4.69, 9.17) is 0 Å². The molecule has 1 aromatic heterocycles. The molecule has 0 saturated heterocycles. The number of hydrogen-bond acceptors (Lipinski definition) is 2. The monoisotopic (exact) mass is 340 g/mol. The van der Waals surface area contributed by atoms with Gasteiger partial charge in [0.2, 0.25) is 0 Å². The summed E-state index contributed by atoms with van der Waals surface area (Å²) in [5.74, 6) is 0. The van der Waals surface area contributed by atoms with Gasteiger partial charge in [-0.25, -0.2) is 0 Å². The van der Waals surface area contributed by atoms with Gasteiger partial charge in [0, 0.05) is 30.2 Å². The molecule has 0 fully saturated rings. The Morgan fingerprint density at radius 2 is 1.65 bits per heavy atom. The fourth-order valence-corrected chi connectivity index (χ4v) is 2.72. The first-order valence-electron chi connectivity index (χ1n) is 7.97. The van der Waals surface area contributed by atoms with Crippen molar-refractivity contribution < 1.29 is 0 Å². The summed E-state index contributed by atoms with van der Waals surface area (Å²) in [6.07, 6.45) is 12.6. The zero-order valence-electron chi connectivity index (χ0n) is 12.9. The van der Waals surface area contributed by atoms with Gasteiger partial charge in [0.15, 0.2) is 0 Å². The zero-order valence-corrected chi connectivity index (χ0v) is 14.4. The minimum Gasteiger partial charge on any atom is -0.306 e. The average molecular weight is 341 g/mol. The molecule has 0 aromatic carbocycles. The van der Waals surface area contributed by atoms with Crippen molar-refractivity contribution in [2.45, 2.75) is 51.4 Å². The number of likely N-dealkylation sites (N-methyl/N-ethyl adjacent to an activating group) is 1. The number of alkyl halides is 1. The molecule has 3 heteroatoms. The number of pyridine rings is 1. The van der Waals surface area contributed by atoms with E-state index in [9.17, 15) is 0 Å². The molecule has 0 aliphatic carbocycles. The second kappa shape index (κ2) is 12.3. The lowest BCUT2D eigenvalue weighted by Gasteiger charge is -2.16. The van der Waals surface area contributed by atoms with E-state index in [1.165, 1.54) is 57.2 Å². The SMILES string of the molecule is CN(CCCCCCCCCBr)CCc1ccccn1. The molecule has 20 heavy (non-hydrogen) atoms. The summed E-state index contributed by atoms with van der Waals surface area (Å²) in [4.78, 5) is 6.80. The molecular weight excluding hydrogens is 312 g/mol. The number of halogens is 1. The predicted molar refractivity (Wildman–Crippen MR) is 91.6 cm³/mol. The first-order chi connectivity index (χ1) is 9.83. The number of unbranched alkanes of at least 4 members (excludes halogenated alkanes) is 6. The van der Waals surface area contributed by atoms with Crippen molar-refractivity contribution in [3.8, 4) is 0 Å². The Bertz CT molecular complexity index is 316. The standard InChI is InChI=1S/C17H29BrN2/c1-20(16-12-17-11-7-9-14-19-17)15-10-6-4-2-3-5-8-13-18/h7,9,11,14H,2-6,8,10,12-13,15-16H2,1H3. The Hall–Kier alpha value is -0.410. The maximum Gasteiger partial charge on any atom is 0.0416 e. The van der Waals surface area contributed by atoms with Gasteiger partial charge in [-0.05, 0) is 38.6 Å². The predicted octanol–water partition coefficient (Wildman–Crippen LogP) is 4.68. The van der Waals surface area contributed by atoms with Crippen molar-refractivity contribution in [3.63, 3.8) is 0 Å². The molecule has 0 bridgehead atoms. The van der Waals surface area contributed by atoms with Gasteiger partial charge >= 0.3 is 0 Å². The van der Waals surface area contributed by atoms with E-state index in [1.807, 2.05) is 12.3 Å². The Labute approximate surface area is 133 Å². The van der Waals surface area contributed by atoms with Crippen molar-refractivity contribution in [3.05, 3.63) is 30.1 Å². The van der Waals surface area contributed by atoms with Gasteiger partial charge in [-0.1, -0.05) is 54.1 Å². The van der Waals surface area contributed by atoms with Crippen LogP contribution in [0.2, 0.25) is 0 Å². The van der Waals surface area contributed by atoms with E-state index >= 15 is 0 Å². The molecule has 1 aromatic rings. The van der Waals surface area contributed by atoms with Crippen molar-refractivity contribution in [2.24, 2.45) is 0 Å². The van der Waals surface area contributed by atoms with Crippen LogP contribution in [-0.4, -0.2) is 35.4 Å². The highest BCUT2D eigenvalue weighted by Gasteiger charge is 2.00. The molecule has 0 aliphatic heterocycles. The van der Waals surface area contributed by atoms with Crippen LogP contribution < -0.4 is 0 Å². The van der Waals surface area contributed by atoms with Crippen LogP contribution in [0.1, 0.15) is 50.6 Å². The van der Waals surface area contributed by atoms with Gasteiger partial charge in [0.05, 0.1) is 0 Å². The van der Waals surface area contributed by atoms with E-state index in [0.717, 1.165) is 18.3 Å². The summed E-state index contributed by atoms with van der Waals surface area (Å²) >= 11 is 3.48. The van der Waals surface area contributed by atoms with Gasteiger partial charge in [-0.3, -0.25) is 4.98 Å². The largest absolute Gasteiger partial charge is 0.306 e. The smallest absolute Gasteiger partial charge is 0.0416 e. The van der Waals surface area contributed by atoms with Crippen LogP contribution in [0.5, 0.6) is 0 Å². The maximum absolute atomic E-state index is 4.37. The molecule has 1 heterocycles. The molecule has 0 unspecified atom stereocenters. The quantitative estimate of drug-likeness (QED) is 0.405. The highest BCUT2D eigenvalue weighted by Crippen LogP contribution is 2.08. The zero-order chi connectivity index (χ0) is 14.5. The molecule has 2 nitrogen and oxygen atoms in total. The van der Waals surface area contributed by atoms with Crippen LogP contribution in [0.4, 0.5) is 0 Å². The number of rotatable bonds is 12. The molecule has 0 amide bonds. The maximum atomic E-state index is 4.37. The molecule has 0 atom stereocenters. The number of aromatic nitrogens is 1. The van der Waals surface area contributed by atoms with Gasteiger partial charge < -0.3 is 4.90 Å². The topological polar surface area (TPSA) is 16.1 Å². The van der Waals surface area contributed by atoms with Gasteiger partial charge in [-0.2, -0.15) is 0 Å². The first-order valence-corrected chi connectivity index (χ1v) is 9.09. The third-order valence-corrected chi connectivity index (χ3v) is 4.21. The van der Waals surface area contributed by atoms with Gasteiger partial charge in [-0.15, -0.1) is 0 Å². The third kappa shape index (κ3) is 9.49. The van der Waals surface area contributed by atoms with Crippen LogP contribution in [-0.2, 0) is 6.42 Å². The van der Waals surface area contributed by atoms with Gasteiger partial charge in [0.25, 0.3) is 0 Å². The van der Waals surface area contributed by atoms with Gasteiger partial charge in [0.1, 0.15) is 0 Å². The summed E-state index contributed by atoms with van der Waals surface area (Å²) in [6, 6.07) is 6.16. The first kappa shape index (κ1) is 17.6. The lowest BCUT2D eigenvalue weighted by Crippen LogP contribution is -2.22. The summed E-state index contributed by atoms with van der Waals surface area (Å²) in [6.45, 7) is 2.33. The minimum absolute atomic E-state index is 1.06. The van der Waals surface area contributed by atoms with Crippen LogP contribution in [0, 0.1) is 0 Å². The second-order valence-electron chi connectivity index (χ2n) is 5.54. The highest BCUT2D eigenvalue weighted by molar-refractivity contribution is 9.09. The van der Waals surface area contributed by atoms with E-state index in [1.54, 1.807) is 0 Å². The molecule has 0 saturated carbocycles. The summed E-state index contributed by atoms with van der Waals surface area (Å²) in [5, 5.41) is 1.16. The molecule has 0 radical (unpaired) electrons. The molecular formula is C17H29BrN2. The fraction of sp³-hybridized carbons (Fsp3) is 0.706. The minimum atomic E-state index is 1.06. The molecule has 114 valence electrons. The average Bonchev–Trinajstić information content (AvgIpc) is 2.49. The Balaban J connectivity index is 1.91. The van der Waals surface area contributed by atoms with E-state index in [0.29, 0.717) is 0 Å². The Kier molecular flexibility index (Phi) is 10.9. The number of nitrogens with zero attached hydrogens (tertiary/aromatic N) is 2. The van der Waals surface area contributed by atoms with E-state index in [-0.39, 0.29) is 0 Å². The Morgan fingerprint density at radius 3 is 2.30 bits per heavy atom. The summed E-state index contributed by atoms with van der Waals surface area (Å²) in [7, 11) is 2.22. The van der Waals surface area contributed by atoms with Crippen LogP contribution >= 0.6 is 15.9 Å². The fourth-order valence-electron chi connectivity index (χ4n) is 2.32. The van der Waals surface area contributed by atoms with Crippen LogP contribution in [0.25, 0.3) is 0 Å². The summed E-state index contributed by atoms with van der Waals surface area (Å²) in [5.41, 5.74) is 1.20. The molecule has 0 N–H and O–H groups in total. The number of hydrogen-bond donors (Lipinski definition) is 0. The lowest BCUT2D eigenvalue weighted by atomic mass is 10.1. The van der Waals surface area contributed by atoms with Crippen molar-refractivity contribution in [1.82, 2.24) is 9.88 Å². The molecule has 0 aliphatic rings. The third-order valence-electron chi connectivity index (χ3n) is 3.65. The highest BCUT2D eigenvalue weighted by atomic mass is 79.9. The van der Waals surface area contributed by atoms with Crippen molar-refractivity contribution in [1.29, 1.82) is 0 Å². The van der Waals surface area contributed by atoms with E-state index in [2.05, 4.69) is 45.0 Å². The second-order valence-corrected chi connectivity index (χ2v) is 6.33. The Morgan fingerprint density at radius 1 is 0.950 bits per heavy atom. The molecule has 1 rings (SSSR count). The molecule has 0 spiro atoms. The van der Waals surface area contributed by atoms with Crippen LogP contribution in [0.3, 0.4) is 0 Å². The van der Waals surface area contributed by atoms with Crippen LogP contribution in [0.15, 0.2) is 24.4 Å². The lowest BCUT2D eigenvalue weighted by molar-refractivity contribution is 0.326.